The number of fused-ring (bicyclic) bond motifs is 3. The van der Waals surface area contributed by atoms with Gasteiger partial charge in [-0.2, -0.15) is 0 Å². The first-order valence-corrected chi connectivity index (χ1v) is 12.5. The standard InChI is InChI=1S/C26H29N3O5S/c1-17(2)33-14-6-13-29-25(31)24-23(20-7-4-5-8-21(20)34-24)28-26(29)35-16-22(30)27-15-18-9-11-19(32-3)12-10-18/h4-5,7-12,17H,6,13-16H2,1-3H3,(H,27,30). The summed E-state index contributed by atoms with van der Waals surface area (Å²) in [6.07, 6.45) is 0.758. The van der Waals surface area contributed by atoms with Crippen LogP contribution in [0.2, 0.25) is 0 Å². The van der Waals surface area contributed by atoms with Crippen LogP contribution in [0.5, 0.6) is 5.75 Å². The molecule has 0 saturated heterocycles. The van der Waals surface area contributed by atoms with Crippen LogP contribution in [0.3, 0.4) is 0 Å². The van der Waals surface area contributed by atoms with Crippen LogP contribution < -0.4 is 15.6 Å². The first-order chi connectivity index (χ1) is 17.0. The van der Waals surface area contributed by atoms with Gasteiger partial charge in [-0.25, -0.2) is 4.98 Å². The van der Waals surface area contributed by atoms with E-state index < -0.39 is 0 Å². The fourth-order valence-electron chi connectivity index (χ4n) is 3.63. The first kappa shape index (κ1) is 24.8. The average Bonchev–Trinajstić information content (AvgIpc) is 3.24. The molecule has 0 fully saturated rings. The Morgan fingerprint density at radius 1 is 1.17 bits per heavy atom. The fourth-order valence-corrected chi connectivity index (χ4v) is 4.48. The van der Waals surface area contributed by atoms with Crippen molar-refractivity contribution in [2.45, 2.75) is 44.6 Å². The summed E-state index contributed by atoms with van der Waals surface area (Å²) in [5.41, 5.74) is 2.07. The molecule has 2 aromatic carbocycles. The van der Waals surface area contributed by atoms with Crippen molar-refractivity contribution < 1.29 is 18.7 Å². The number of aromatic nitrogens is 2. The van der Waals surface area contributed by atoms with Crippen molar-refractivity contribution >= 4 is 39.7 Å². The van der Waals surface area contributed by atoms with Crippen molar-refractivity contribution in [3.05, 3.63) is 64.4 Å². The highest BCUT2D eigenvalue weighted by Gasteiger charge is 2.18. The van der Waals surface area contributed by atoms with E-state index in [-0.39, 0.29) is 28.9 Å². The highest BCUT2D eigenvalue weighted by Crippen LogP contribution is 2.27. The van der Waals surface area contributed by atoms with Gasteiger partial charge >= 0.3 is 0 Å². The molecule has 0 spiro atoms. The maximum Gasteiger partial charge on any atom is 0.297 e. The van der Waals surface area contributed by atoms with Crippen LogP contribution in [0.4, 0.5) is 0 Å². The number of furan rings is 1. The second-order valence-corrected chi connectivity index (χ2v) is 9.26. The van der Waals surface area contributed by atoms with Gasteiger partial charge in [0.15, 0.2) is 5.16 Å². The highest BCUT2D eigenvalue weighted by molar-refractivity contribution is 7.99. The zero-order valence-corrected chi connectivity index (χ0v) is 20.9. The quantitative estimate of drug-likeness (QED) is 0.187. The average molecular weight is 496 g/mol. The Kier molecular flexibility index (Phi) is 8.09. The molecule has 4 rings (SSSR count). The number of hydrogen-bond donors (Lipinski definition) is 1. The lowest BCUT2D eigenvalue weighted by Crippen LogP contribution is -2.27. The Morgan fingerprint density at radius 3 is 2.69 bits per heavy atom. The molecule has 35 heavy (non-hydrogen) atoms. The number of carbonyl (C=O) groups excluding carboxylic acids is 1. The summed E-state index contributed by atoms with van der Waals surface area (Å²) in [6.45, 7) is 5.29. The van der Waals surface area contributed by atoms with Crippen LogP contribution >= 0.6 is 11.8 Å². The van der Waals surface area contributed by atoms with E-state index in [0.717, 1.165) is 16.7 Å². The number of methoxy groups -OCH3 is 1. The maximum absolute atomic E-state index is 13.3. The molecule has 9 heteroatoms. The van der Waals surface area contributed by atoms with Crippen LogP contribution in [0.25, 0.3) is 22.1 Å². The van der Waals surface area contributed by atoms with Gasteiger partial charge in [0.1, 0.15) is 16.8 Å². The molecule has 2 aromatic heterocycles. The zero-order chi connectivity index (χ0) is 24.8. The van der Waals surface area contributed by atoms with E-state index in [0.29, 0.717) is 42.4 Å². The van der Waals surface area contributed by atoms with Crippen LogP contribution in [0.1, 0.15) is 25.8 Å². The molecule has 0 atom stereocenters. The third kappa shape index (κ3) is 6.04. The Morgan fingerprint density at radius 2 is 1.94 bits per heavy atom. The molecule has 2 heterocycles. The third-order valence-electron chi connectivity index (χ3n) is 5.41. The van der Waals surface area contributed by atoms with Gasteiger partial charge in [0.25, 0.3) is 5.56 Å². The summed E-state index contributed by atoms with van der Waals surface area (Å²) in [7, 11) is 1.61. The zero-order valence-electron chi connectivity index (χ0n) is 20.1. The van der Waals surface area contributed by atoms with Crippen molar-refractivity contribution in [2.75, 3.05) is 19.5 Å². The second kappa shape index (κ2) is 11.4. The molecule has 0 unspecified atom stereocenters. The largest absolute Gasteiger partial charge is 0.497 e. The number of ether oxygens (including phenoxy) is 2. The molecule has 0 bridgehead atoms. The lowest BCUT2D eigenvalue weighted by atomic mass is 10.2. The maximum atomic E-state index is 13.3. The Labute approximate surface area is 207 Å². The van der Waals surface area contributed by atoms with E-state index in [1.807, 2.05) is 62.4 Å². The van der Waals surface area contributed by atoms with Crippen molar-refractivity contribution in [1.29, 1.82) is 0 Å². The molecular weight excluding hydrogens is 466 g/mol. The SMILES string of the molecule is COc1ccc(CNC(=O)CSc2nc3c(oc4ccccc43)c(=O)n2CCCOC(C)C)cc1. The van der Waals surface area contributed by atoms with Crippen LogP contribution in [-0.4, -0.2) is 41.0 Å². The topological polar surface area (TPSA) is 95.6 Å². The molecule has 0 aliphatic rings. The lowest BCUT2D eigenvalue weighted by Gasteiger charge is -2.13. The first-order valence-electron chi connectivity index (χ1n) is 11.5. The number of amides is 1. The number of thioether (sulfide) groups is 1. The minimum absolute atomic E-state index is 0.117. The second-order valence-electron chi connectivity index (χ2n) is 8.31. The molecule has 0 aliphatic heterocycles. The summed E-state index contributed by atoms with van der Waals surface area (Å²) in [5, 5.41) is 4.18. The van der Waals surface area contributed by atoms with Crippen LogP contribution in [-0.2, 0) is 22.6 Å². The van der Waals surface area contributed by atoms with Gasteiger partial charge in [0.2, 0.25) is 11.5 Å². The molecular formula is C26H29N3O5S. The fraction of sp³-hybridized carbons (Fsp3) is 0.346. The summed E-state index contributed by atoms with van der Waals surface area (Å²) in [5.74, 6) is 0.749. The molecule has 0 saturated carbocycles. The highest BCUT2D eigenvalue weighted by atomic mass is 32.2. The number of benzene rings is 2. The van der Waals surface area contributed by atoms with Crippen molar-refractivity contribution in [1.82, 2.24) is 14.9 Å². The summed E-state index contributed by atoms with van der Waals surface area (Å²) >= 11 is 1.24. The van der Waals surface area contributed by atoms with E-state index in [2.05, 4.69) is 5.32 Å². The minimum atomic E-state index is -0.253. The predicted octanol–water partition coefficient (Wildman–Crippen LogP) is 4.37. The van der Waals surface area contributed by atoms with E-state index in [1.54, 1.807) is 11.7 Å². The predicted molar refractivity (Wildman–Crippen MR) is 137 cm³/mol. The number of para-hydroxylation sites is 1. The molecule has 0 radical (unpaired) electrons. The minimum Gasteiger partial charge on any atom is -0.497 e. The third-order valence-corrected chi connectivity index (χ3v) is 6.38. The number of carbonyl (C=O) groups is 1. The van der Waals surface area contributed by atoms with Gasteiger partial charge < -0.3 is 19.2 Å². The van der Waals surface area contributed by atoms with Crippen molar-refractivity contribution in [3.8, 4) is 5.75 Å². The van der Waals surface area contributed by atoms with Gasteiger partial charge in [-0.15, -0.1) is 0 Å². The molecule has 4 aromatic rings. The smallest absolute Gasteiger partial charge is 0.297 e. The normalized spacial score (nSPS) is 11.4. The van der Waals surface area contributed by atoms with Crippen LogP contribution in [0.15, 0.2) is 62.9 Å². The Bertz CT molecular complexity index is 1360. The van der Waals surface area contributed by atoms with Crippen LogP contribution in [0, 0.1) is 0 Å². The van der Waals surface area contributed by atoms with Crippen molar-refractivity contribution in [2.24, 2.45) is 0 Å². The van der Waals surface area contributed by atoms with E-state index in [4.69, 9.17) is 18.9 Å². The number of hydrogen-bond acceptors (Lipinski definition) is 7. The molecule has 1 N–H and O–H groups in total. The van der Waals surface area contributed by atoms with Gasteiger partial charge in [-0.3, -0.25) is 14.2 Å². The molecule has 1 amide bonds. The monoisotopic (exact) mass is 495 g/mol. The molecule has 184 valence electrons. The van der Waals surface area contributed by atoms with Crippen molar-refractivity contribution in [3.63, 3.8) is 0 Å². The Balaban J connectivity index is 1.51. The number of rotatable bonds is 11. The Hall–Kier alpha value is -3.30. The van der Waals surface area contributed by atoms with Gasteiger partial charge in [0, 0.05) is 25.1 Å². The van der Waals surface area contributed by atoms with E-state index in [9.17, 15) is 9.59 Å². The number of nitrogens with zero attached hydrogens (tertiary/aromatic N) is 2. The van der Waals surface area contributed by atoms with Gasteiger partial charge in [0.05, 0.1) is 19.0 Å². The van der Waals surface area contributed by atoms with Gasteiger partial charge in [-0.1, -0.05) is 36.0 Å². The van der Waals surface area contributed by atoms with Gasteiger partial charge in [-0.05, 0) is 50.1 Å². The van der Waals surface area contributed by atoms with E-state index >= 15 is 0 Å². The lowest BCUT2D eigenvalue weighted by molar-refractivity contribution is -0.118. The van der Waals surface area contributed by atoms with E-state index in [1.165, 1.54) is 11.8 Å². The molecule has 0 aliphatic carbocycles. The summed E-state index contributed by atoms with van der Waals surface area (Å²) in [6, 6.07) is 15.0. The summed E-state index contributed by atoms with van der Waals surface area (Å²) < 4.78 is 18.2. The summed E-state index contributed by atoms with van der Waals surface area (Å²) in [4.78, 5) is 30.6. The number of nitrogens with one attached hydrogen (secondary N) is 1. The molecule has 8 nitrogen and oxygen atoms in total.